The third-order valence-electron chi connectivity index (χ3n) is 2.69. The van der Waals surface area contributed by atoms with Crippen molar-refractivity contribution in [3.05, 3.63) is 71.8 Å². The zero-order chi connectivity index (χ0) is 11.5. The molecular weight excluding hydrogens is 459 g/mol. The van der Waals surface area contributed by atoms with Gasteiger partial charge in [0, 0.05) is 5.56 Å². The van der Waals surface area contributed by atoms with Crippen molar-refractivity contribution in [2.24, 2.45) is 0 Å². The molecule has 2 atom stereocenters. The Hall–Kier alpha value is 0.963. The van der Waals surface area contributed by atoms with Gasteiger partial charge in [-0.2, -0.15) is 0 Å². The van der Waals surface area contributed by atoms with Crippen LogP contribution in [0.2, 0.25) is 0 Å². The van der Waals surface area contributed by atoms with Crippen LogP contribution in [0.1, 0.15) is 16.5 Å². The van der Waals surface area contributed by atoms with Crippen molar-refractivity contribution >= 4 is 29.0 Å². The fraction of sp³-hybridized carbons (Fsp3) is 0.0714. The predicted octanol–water partition coefficient (Wildman–Crippen LogP) is -3.63. The van der Waals surface area contributed by atoms with E-state index in [-0.39, 0.29) is 63.4 Å². The Morgan fingerprint density at radius 2 is 1.29 bits per heavy atom. The summed E-state index contributed by atoms with van der Waals surface area (Å²) >= 11 is 0. The van der Waals surface area contributed by atoms with Gasteiger partial charge in [-0.3, -0.25) is 0 Å². The molecule has 0 aromatic heterocycles. The Balaban J connectivity index is 0. The summed E-state index contributed by atoms with van der Waals surface area (Å²) in [7, 11) is 4.03. The Bertz CT molecular complexity index is 577. The topological polar surface area (TPSA) is 0 Å². The van der Waals surface area contributed by atoms with Gasteiger partial charge in [0.15, 0.2) is 13.3 Å². The van der Waals surface area contributed by atoms with Gasteiger partial charge in [-0.15, -0.1) is 0 Å². The van der Waals surface area contributed by atoms with Crippen molar-refractivity contribution in [2.45, 2.75) is 5.40 Å². The summed E-state index contributed by atoms with van der Waals surface area (Å²) in [5.74, 6) is 0. The minimum atomic E-state index is 0. The standard InChI is InChI=1S/C14H11P3.3ClH.Zr/c1-3-7-11(8-4-1)13-15-14(17-16-13)12-9-5-2-6-10-12;;;;/h1-10,13H;3*1H;/q;;;;+3/p-2. The molecule has 3 rings (SSSR count). The Kier molecular flexibility index (Phi) is 14.3. The van der Waals surface area contributed by atoms with Gasteiger partial charge in [0.2, 0.25) is 0 Å². The zero-order valence-electron chi connectivity index (χ0n) is 10.9. The van der Waals surface area contributed by atoms with Crippen LogP contribution < -0.4 is 37.2 Å². The maximum absolute atomic E-state index is 2.26. The average molecular weight is 471 g/mol. The van der Waals surface area contributed by atoms with Crippen molar-refractivity contribution in [1.29, 1.82) is 0 Å². The van der Waals surface area contributed by atoms with Gasteiger partial charge in [0.1, 0.15) is 7.87 Å². The number of rotatable bonds is 2. The van der Waals surface area contributed by atoms with Crippen LogP contribution in [0.3, 0.4) is 0 Å². The molecule has 21 heavy (non-hydrogen) atoms. The molecule has 1 heterocycles. The number of benzene rings is 2. The van der Waals surface area contributed by atoms with E-state index in [1.807, 2.05) is 0 Å². The van der Waals surface area contributed by atoms with E-state index in [1.54, 1.807) is 5.03 Å². The Labute approximate surface area is 168 Å². The summed E-state index contributed by atoms with van der Waals surface area (Å²) in [4.78, 5) is 0. The van der Waals surface area contributed by atoms with E-state index in [0.717, 1.165) is 7.87 Å². The summed E-state index contributed by atoms with van der Waals surface area (Å²) < 4.78 is 0. The van der Waals surface area contributed by atoms with Crippen LogP contribution in [0.25, 0.3) is 0 Å². The molecule has 0 spiro atoms. The van der Waals surface area contributed by atoms with Crippen molar-refractivity contribution < 1.29 is 63.4 Å². The van der Waals surface area contributed by atoms with Crippen molar-refractivity contribution in [3.8, 4) is 0 Å². The van der Waals surface area contributed by atoms with Crippen LogP contribution in [0.15, 0.2) is 60.7 Å². The first kappa shape index (κ1) is 24.2. The van der Waals surface area contributed by atoms with Crippen molar-refractivity contribution in [3.63, 3.8) is 0 Å². The first-order chi connectivity index (χ1) is 8.43. The minimum absolute atomic E-state index is 0. The van der Waals surface area contributed by atoms with Crippen LogP contribution in [-0.2, 0) is 26.2 Å². The van der Waals surface area contributed by atoms with E-state index in [1.165, 1.54) is 27.2 Å². The molecule has 0 saturated heterocycles. The number of hydrogen-bond donors (Lipinski definition) is 0. The third kappa shape index (κ3) is 6.54. The molecule has 2 aromatic carbocycles. The summed E-state index contributed by atoms with van der Waals surface area (Å²) in [5, 5.41) is 2.30. The first-order valence-corrected chi connectivity index (χ1v) is 9.35. The van der Waals surface area contributed by atoms with Gasteiger partial charge < -0.3 is 37.2 Å². The van der Waals surface area contributed by atoms with Crippen molar-refractivity contribution in [2.75, 3.05) is 0 Å². The van der Waals surface area contributed by atoms with E-state index in [4.69, 9.17) is 0 Å². The van der Waals surface area contributed by atoms with Gasteiger partial charge >= 0.3 is 26.2 Å². The summed E-state index contributed by atoms with van der Waals surface area (Å²) in [5.41, 5.74) is 2.91. The Morgan fingerprint density at radius 1 is 0.762 bits per heavy atom. The second-order valence-corrected chi connectivity index (χ2v) is 8.89. The van der Waals surface area contributed by atoms with Crippen LogP contribution in [0.5, 0.6) is 0 Å². The van der Waals surface area contributed by atoms with Gasteiger partial charge in [0.25, 0.3) is 0 Å². The molecule has 0 aliphatic carbocycles. The second-order valence-electron chi connectivity index (χ2n) is 3.87. The van der Waals surface area contributed by atoms with Crippen LogP contribution >= 0.6 is 23.9 Å². The van der Waals surface area contributed by atoms with Crippen LogP contribution in [0.4, 0.5) is 0 Å². The molecule has 1 aliphatic rings. The molecule has 1 aliphatic heterocycles. The molecule has 0 nitrogen and oxygen atoms in total. The molecule has 0 fully saturated rings. The molecule has 0 saturated carbocycles. The monoisotopic (exact) mass is 468 g/mol. The third-order valence-corrected chi connectivity index (χ3v) is 9.36. The van der Waals surface area contributed by atoms with E-state index in [0.29, 0.717) is 5.40 Å². The summed E-state index contributed by atoms with van der Waals surface area (Å²) in [6.07, 6.45) is 0. The maximum atomic E-state index is 2.26. The van der Waals surface area contributed by atoms with Crippen LogP contribution in [-0.4, -0.2) is 5.03 Å². The van der Waals surface area contributed by atoms with Crippen molar-refractivity contribution in [1.82, 2.24) is 0 Å². The zero-order valence-corrected chi connectivity index (χ0v) is 18.4. The Morgan fingerprint density at radius 3 is 1.86 bits per heavy atom. The maximum Gasteiger partial charge on any atom is 3.00 e. The van der Waals surface area contributed by atoms with E-state index in [9.17, 15) is 0 Å². The summed E-state index contributed by atoms with van der Waals surface area (Å²) in [6, 6.07) is 21.7. The molecule has 1 radical (unpaired) electrons. The molecule has 2 unspecified atom stereocenters. The predicted molar refractivity (Wildman–Crippen MR) is 81.9 cm³/mol. The minimum Gasteiger partial charge on any atom is -1.00 e. The average Bonchev–Trinajstić information content (AvgIpc) is 2.90. The normalized spacial score (nSPS) is 17.0. The molecule has 107 valence electrons. The van der Waals surface area contributed by atoms with Gasteiger partial charge in [-0.05, 0) is 13.8 Å². The largest absolute Gasteiger partial charge is 3.00 e. The van der Waals surface area contributed by atoms with Gasteiger partial charge in [0.05, 0.1) is 5.03 Å². The van der Waals surface area contributed by atoms with Crippen LogP contribution in [0, 0.1) is 0 Å². The summed E-state index contributed by atoms with van der Waals surface area (Å²) in [6.45, 7) is 0. The molecule has 0 bridgehead atoms. The molecule has 0 N–H and O–H groups in total. The molecule has 2 aromatic rings. The molecule has 7 heteroatoms. The number of halogens is 3. The SMILES string of the molecule is [Cl-].[Cl-].[Cl-].[Zr+3].c1ccc(C2=PC(c3ccccc3)[PH+]=P2)cc1. The first-order valence-electron chi connectivity index (χ1n) is 5.58. The number of hydrogen-bond acceptors (Lipinski definition) is 0. The fourth-order valence-electron chi connectivity index (χ4n) is 1.81. The van der Waals surface area contributed by atoms with Gasteiger partial charge in [-0.1, -0.05) is 60.7 Å². The van der Waals surface area contributed by atoms with Gasteiger partial charge in [-0.25, -0.2) is 0 Å². The second kappa shape index (κ2) is 12.4. The molecule has 0 amide bonds. The molecular formula is C14H12Cl3P3Zr+. The van der Waals surface area contributed by atoms with E-state index in [2.05, 4.69) is 60.7 Å². The quantitative estimate of drug-likeness (QED) is 0.398. The smallest absolute Gasteiger partial charge is 1.00 e. The van der Waals surface area contributed by atoms with E-state index >= 15 is 0 Å². The van der Waals surface area contributed by atoms with E-state index < -0.39 is 0 Å². The fourth-order valence-corrected chi connectivity index (χ4v) is 8.71.